The lowest BCUT2D eigenvalue weighted by Gasteiger charge is -2.34. The normalized spacial score (nSPS) is 21.1. The quantitative estimate of drug-likeness (QED) is 0.659. The van der Waals surface area contributed by atoms with E-state index in [9.17, 15) is 4.79 Å². The fraction of sp³-hybridized carbons (Fsp3) is 0.929. The molecule has 1 amide bonds. The van der Waals surface area contributed by atoms with Crippen LogP contribution in [0, 0.1) is 11.3 Å². The van der Waals surface area contributed by atoms with Gasteiger partial charge in [0.05, 0.1) is 5.41 Å². The highest BCUT2D eigenvalue weighted by molar-refractivity contribution is 5.85. The van der Waals surface area contributed by atoms with Gasteiger partial charge in [-0.3, -0.25) is 4.79 Å². The van der Waals surface area contributed by atoms with Gasteiger partial charge < -0.3 is 20.5 Å². The molecule has 0 bridgehead atoms. The molecule has 2 rings (SSSR count). The molecule has 2 fully saturated rings. The zero-order valence-corrected chi connectivity index (χ0v) is 12.9. The largest absolute Gasteiger partial charge is 0.381 e. The van der Waals surface area contributed by atoms with Crippen molar-refractivity contribution >= 4 is 18.3 Å². The molecule has 118 valence electrons. The first-order valence-electron chi connectivity index (χ1n) is 7.41. The Labute approximate surface area is 127 Å². The van der Waals surface area contributed by atoms with Crippen LogP contribution >= 0.6 is 12.4 Å². The van der Waals surface area contributed by atoms with Crippen LogP contribution in [0.5, 0.6) is 0 Å². The predicted molar refractivity (Wildman–Crippen MR) is 80.0 cm³/mol. The van der Waals surface area contributed by atoms with Crippen molar-refractivity contribution in [1.29, 1.82) is 0 Å². The Morgan fingerprint density at radius 3 is 2.65 bits per heavy atom. The van der Waals surface area contributed by atoms with E-state index in [1.165, 1.54) is 12.8 Å². The Kier molecular flexibility index (Phi) is 7.80. The van der Waals surface area contributed by atoms with Crippen LogP contribution in [0.3, 0.4) is 0 Å². The van der Waals surface area contributed by atoms with Crippen molar-refractivity contribution < 1.29 is 14.3 Å². The predicted octanol–water partition coefficient (Wildman–Crippen LogP) is 1.10. The third kappa shape index (κ3) is 5.20. The lowest BCUT2D eigenvalue weighted by Crippen LogP contribution is -2.49. The summed E-state index contributed by atoms with van der Waals surface area (Å²) in [5.74, 6) is 0.887. The number of carbonyl (C=O) groups is 1. The molecule has 3 N–H and O–H groups in total. The van der Waals surface area contributed by atoms with E-state index < -0.39 is 5.41 Å². The maximum atomic E-state index is 12.2. The van der Waals surface area contributed by atoms with Gasteiger partial charge >= 0.3 is 0 Å². The van der Waals surface area contributed by atoms with Gasteiger partial charge in [-0.15, -0.1) is 12.4 Å². The average Bonchev–Trinajstić information content (AvgIpc) is 3.27. The van der Waals surface area contributed by atoms with Gasteiger partial charge in [0.15, 0.2) is 0 Å². The molecule has 1 aliphatic heterocycles. The molecule has 1 aliphatic carbocycles. The van der Waals surface area contributed by atoms with Crippen LogP contribution in [0.25, 0.3) is 0 Å². The molecular weight excluding hydrogens is 280 g/mol. The van der Waals surface area contributed by atoms with Crippen LogP contribution in [0.4, 0.5) is 0 Å². The van der Waals surface area contributed by atoms with Crippen molar-refractivity contribution in [2.75, 3.05) is 39.5 Å². The molecule has 1 saturated heterocycles. The number of hydrogen-bond donors (Lipinski definition) is 2. The number of amides is 1. The Balaban J connectivity index is 0.00000200. The molecule has 1 heterocycles. The van der Waals surface area contributed by atoms with Gasteiger partial charge in [-0.25, -0.2) is 0 Å². The number of halogens is 1. The summed E-state index contributed by atoms with van der Waals surface area (Å²) in [6, 6.07) is 0. The van der Waals surface area contributed by atoms with Crippen LogP contribution in [0.2, 0.25) is 0 Å². The van der Waals surface area contributed by atoms with Crippen LogP contribution in [0.15, 0.2) is 0 Å². The minimum absolute atomic E-state index is 0. The number of carbonyl (C=O) groups excluding carboxylic acids is 1. The fourth-order valence-corrected chi connectivity index (χ4v) is 2.38. The fourth-order valence-electron chi connectivity index (χ4n) is 2.38. The number of nitrogens with two attached hydrogens (primary N) is 1. The highest BCUT2D eigenvalue weighted by atomic mass is 35.5. The maximum absolute atomic E-state index is 12.2. The summed E-state index contributed by atoms with van der Waals surface area (Å²) in [7, 11) is 0. The standard InChI is InChI=1S/C14H26N2O3.ClH/c15-11-14(4-8-18-9-5-14)13(17)16-6-1-7-19-10-12-2-3-12;/h12H,1-11,15H2,(H,16,17);1H. The van der Waals surface area contributed by atoms with E-state index in [4.69, 9.17) is 15.2 Å². The molecule has 20 heavy (non-hydrogen) atoms. The average molecular weight is 307 g/mol. The molecule has 0 aromatic rings. The molecule has 0 atom stereocenters. The summed E-state index contributed by atoms with van der Waals surface area (Å²) in [6.07, 6.45) is 4.96. The molecule has 0 aromatic carbocycles. The van der Waals surface area contributed by atoms with E-state index in [0.29, 0.717) is 26.3 Å². The van der Waals surface area contributed by atoms with E-state index in [1.807, 2.05) is 0 Å². The zero-order chi connectivity index (χ0) is 13.6. The van der Waals surface area contributed by atoms with Gasteiger partial charge in [0.25, 0.3) is 0 Å². The van der Waals surface area contributed by atoms with Crippen LogP contribution in [0.1, 0.15) is 32.1 Å². The number of rotatable bonds is 8. The summed E-state index contributed by atoms with van der Waals surface area (Å²) < 4.78 is 10.8. The van der Waals surface area contributed by atoms with Gasteiger partial charge in [0.2, 0.25) is 5.91 Å². The number of hydrogen-bond acceptors (Lipinski definition) is 4. The van der Waals surface area contributed by atoms with Crippen molar-refractivity contribution in [2.45, 2.75) is 32.1 Å². The van der Waals surface area contributed by atoms with E-state index in [1.54, 1.807) is 0 Å². The number of ether oxygens (including phenoxy) is 2. The Morgan fingerprint density at radius 2 is 2.05 bits per heavy atom. The first-order chi connectivity index (χ1) is 9.27. The van der Waals surface area contributed by atoms with Crippen molar-refractivity contribution in [1.82, 2.24) is 5.32 Å². The zero-order valence-electron chi connectivity index (χ0n) is 12.1. The van der Waals surface area contributed by atoms with Gasteiger partial charge in [0.1, 0.15) is 0 Å². The van der Waals surface area contributed by atoms with Gasteiger partial charge in [-0.2, -0.15) is 0 Å². The molecule has 2 aliphatic rings. The Hall–Kier alpha value is -0.360. The number of nitrogens with one attached hydrogen (secondary N) is 1. The van der Waals surface area contributed by atoms with Crippen molar-refractivity contribution in [3.05, 3.63) is 0 Å². The summed E-state index contributed by atoms with van der Waals surface area (Å²) in [4.78, 5) is 12.2. The third-order valence-corrected chi connectivity index (χ3v) is 4.12. The molecule has 0 aromatic heterocycles. The summed E-state index contributed by atoms with van der Waals surface area (Å²) in [5, 5.41) is 2.99. The van der Waals surface area contributed by atoms with Crippen LogP contribution in [-0.4, -0.2) is 45.4 Å². The maximum Gasteiger partial charge on any atom is 0.227 e. The summed E-state index contributed by atoms with van der Waals surface area (Å²) in [6.45, 7) is 3.96. The summed E-state index contributed by atoms with van der Waals surface area (Å²) >= 11 is 0. The molecule has 0 unspecified atom stereocenters. The van der Waals surface area contributed by atoms with Gasteiger partial charge in [0, 0.05) is 39.5 Å². The Morgan fingerprint density at radius 1 is 1.35 bits per heavy atom. The molecular formula is C14H27ClN2O3. The van der Waals surface area contributed by atoms with E-state index in [2.05, 4.69) is 5.32 Å². The lowest BCUT2D eigenvalue weighted by molar-refractivity contribution is -0.135. The first kappa shape index (κ1) is 17.7. The smallest absolute Gasteiger partial charge is 0.227 e. The third-order valence-electron chi connectivity index (χ3n) is 4.12. The second-order valence-electron chi connectivity index (χ2n) is 5.72. The highest BCUT2D eigenvalue weighted by Gasteiger charge is 2.38. The van der Waals surface area contributed by atoms with Gasteiger partial charge in [-0.05, 0) is 38.0 Å². The van der Waals surface area contributed by atoms with E-state index >= 15 is 0 Å². The molecule has 6 heteroatoms. The second-order valence-corrected chi connectivity index (χ2v) is 5.72. The highest BCUT2D eigenvalue weighted by Crippen LogP contribution is 2.29. The Bertz CT molecular complexity index is 292. The molecule has 5 nitrogen and oxygen atoms in total. The van der Waals surface area contributed by atoms with Gasteiger partial charge in [-0.1, -0.05) is 0 Å². The van der Waals surface area contributed by atoms with Crippen molar-refractivity contribution in [3.63, 3.8) is 0 Å². The van der Waals surface area contributed by atoms with E-state index in [0.717, 1.165) is 38.4 Å². The minimum atomic E-state index is -0.410. The lowest BCUT2D eigenvalue weighted by atomic mass is 9.79. The SMILES string of the molecule is Cl.NCC1(C(=O)NCCCOCC2CC2)CCOCC1. The van der Waals surface area contributed by atoms with E-state index in [-0.39, 0.29) is 18.3 Å². The minimum Gasteiger partial charge on any atom is -0.381 e. The second kappa shape index (κ2) is 8.82. The van der Waals surface area contributed by atoms with Crippen LogP contribution in [-0.2, 0) is 14.3 Å². The summed E-state index contributed by atoms with van der Waals surface area (Å²) in [5.41, 5.74) is 5.38. The topological polar surface area (TPSA) is 73.6 Å². The molecule has 0 spiro atoms. The monoisotopic (exact) mass is 306 g/mol. The van der Waals surface area contributed by atoms with Crippen LogP contribution < -0.4 is 11.1 Å². The molecule has 1 saturated carbocycles. The van der Waals surface area contributed by atoms with Crippen molar-refractivity contribution in [3.8, 4) is 0 Å². The first-order valence-corrected chi connectivity index (χ1v) is 7.41. The van der Waals surface area contributed by atoms with Crippen molar-refractivity contribution in [2.24, 2.45) is 17.1 Å². The molecule has 0 radical (unpaired) electrons.